The Balaban J connectivity index is 1.59. The molecule has 158 valence electrons. The van der Waals surface area contributed by atoms with Crippen LogP contribution in [0.15, 0.2) is 46.7 Å². The maximum atomic E-state index is 12.7. The van der Waals surface area contributed by atoms with Crippen LogP contribution in [0.1, 0.15) is 31.7 Å². The van der Waals surface area contributed by atoms with Crippen molar-refractivity contribution in [1.29, 1.82) is 0 Å². The highest BCUT2D eigenvalue weighted by Crippen LogP contribution is 2.47. The van der Waals surface area contributed by atoms with Crippen LogP contribution in [0.2, 0.25) is 0 Å². The second kappa shape index (κ2) is 9.65. The Labute approximate surface area is 173 Å². The second-order valence-corrected chi connectivity index (χ2v) is 8.52. The van der Waals surface area contributed by atoms with E-state index in [1.165, 1.54) is 0 Å². The summed E-state index contributed by atoms with van der Waals surface area (Å²) in [6.07, 6.45) is 1.96. The van der Waals surface area contributed by atoms with E-state index in [1.807, 2.05) is 44.2 Å². The third-order valence-corrected chi connectivity index (χ3v) is 6.28. The number of aliphatic imine (C=N–C) groups is 1. The largest absolute Gasteiger partial charge is 0.511 e. The Morgan fingerprint density at radius 3 is 2.34 bits per heavy atom. The zero-order chi connectivity index (χ0) is 20.9. The fourth-order valence-electron chi connectivity index (χ4n) is 4.28. The molecule has 1 unspecified atom stereocenters. The summed E-state index contributed by atoms with van der Waals surface area (Å²) in [5.74, 6) is 0.0598. The van der Waals surface area contributed by atoms with Gasteiger partial charge in [0.1, 0.15) is 5.76 Å². The van der Waals surface area contributed by atoms with E-state index in [2.05, 4.69) is 14.8 Å². The number of hydrogen-bond acceptors (Lipinski definition) is 6. The summed E-state index contributed by atoms with van der Waals surface area (Å²) < 4.78 is 0. The number of rotatable bonds is 7. The maximum Gasteiger partial charge on any atom is 0.168 e. The van der Waals surface area contributed by atoms with Gasteiger partial charge in [-0.05, 0) is 5.56 Å². The lowest BCUT2D eigenvalue weighted by Crippen LogP contribution is -2.47. The van der Waals surface area contributed by atoms with Gasteiger partial charge in [-0.2, -0.15) is 0 Å². The zero-order valence-electron chi connectivity index (χ0n) is 17.5. The van der Waals surface area contributed by atoms with Crippen molar-refractivity contribution in [2.24, 2.45) is 10.4 Å². The third-order valence-electron chi connectivity index (χ3n) is 6.28. The standard InChI is InChI=1S/C23H33N3O3/c1-23(2)20(18-6-4-3-5-7-18)16-21(28)19(22(23)29)17-24-8-9-25-10-12-26(13-11-25)14-15-27/h3-7,17,20,27,29H,8-16H2,1-2H3. The molecule has 6 heteroatoms. The summed E-state index contributed by atoms with van der Waals surface area (Å²) in [5, 5.41) is 19.9. The minimum Gasteiger partial charge on any atom is -0.511 e. The number of piperazine rings is 1. The Hall–Kier alpha value is -2.02. The summed E-state index contributed by atoms with van der Waals surface area (Å²) in [7, 11) is 0. The minimum atomic E-state index is -0.514. The van der Waals surface area contributed by atoms with Gasteiger partial charge in [-0.25, -0.2) is 0 Å². The molecular weight excluding hydrogens is 366 g/mol. The van der Waals surface area contributed by atoms with Gasteiger partial charge in [-0.1, -0.05) is 44.2 Å². The molecule has 2 aliphatic rings. The molecule has 2 N–H and O–H groups in total. The first-order valence-electron chi connectivity index (χ1n) is 10.5. The normalized spacial score (nSPS) is 23.8. The number of aliphatic hydroxyl groups excluding tert-OH is 2. The summed E-state index contributed by atoms with van der Waals surface area (Å²) in [4.78, 5) is 21.8. The highest BCUT2D eigenvalue weighted by molar-refractivity contribution is 6.14. The summed E-state index contributed by atoms with van der Waals surface area (Å²) in [6, 6.07) is 9.94. The topological polar surface area (TPSA) is 76.4 Å². The minimum absolute atomic E-state index is 0.0384. The van der Waals surface area contributed by atoms with Crippen LogP contribution in [-0.4, -0.2) is 84.4 Å². The van der Waals surface area contributed by atoms with Gasteiger partial charge < -0.3 is 10.2 Å². The molecule has 1 aliphatic carbocycles. The fourth-order valence-corrected chi connectivity index (χ4v) is 4.28. The number of nitrogens with zero attached hydrogens (tertiary/aromatic N) is 3. The molecule has 29 heavy (non-hydrogen) atoms. The molecular formula is C23H33N3O3. The van der Waals surface area contributed by atoms with Gasteiger partial charge in [-0.3, -0.25) is 19.6 Å². The van der Waals surface area contributed by atoms with Crippen LogP contribution in [0.4, 0.5) is 0 Å². The fraction of sp³-hybridized carbons (Fsp3) is 0.565. The lowest BCUT2D eigenvalue weighted by atomic mass is 9.66. The molecule has 3 rings (SSSR count). The predicted molar refractivity (Wildman–Crippen MR) is 116 cm³/mol. The van der Waals surface area contributed by atoms with Crippen molar-refractivity contribution in [1.82, 2.24) is 9.80 Å². The molecule has 0 saturated carbocycles. The molecule has 1 heterocycles. The molecule has 0 radical (unpaired) electrons. The number of carbonyl (C=O) groups is 1. The van der Waals surface area contributed by atoms with Gasteiger partial charge in [0.2, 0.25) is 0 Å². The zero-order valence-corrected chi connectivity index (χ0v) is 17.5. The Morgan fingerprint density at radius 1 is 1.10 bits per heavy atom. The van der Waals surface area contributed by atoms with Gasteiger partial charge in [0.15, 0.2) is 5.78 Å². The van der Waals surface area contributed by atoms with E-state index >= 15 is 0 Å². The smallest absolute Gasteiger partial charge is 0.168 e. The van der Waals surface area contributed by atoms with E-state index < -0.39 is 5.41 Å². The molecule has 0 aromatic heterocycles. The van der Waals surface area contributed by atoms with E-state index in [0.717, 1.165) is 44.8 Å². The number of Topliss-reactive ketones (excluding diaryl/α,β-unsaturated/α-hetero) is 1. The Bertz CT molecular complexity index is 750. The molecule has 0 bridgehead atoms. The Morgan fingerprint density at radius 2 is 1.72 bits per heavy atom. The first-order chi connectivity index (χ1) is 13.9. The van der Waals surface area contributed by atoms with Crippen molar-refractivity contribution in [3.05, 3.63) is 47.2 Å². The van der Waals surface area contributed by atoms with Crippen molar-refractivity contribution < 1.29 is 15.0 Å². The third kappa shape index (κ3) is 5.13. The van der Waals surface area contributed by atoms with Crippen LogP contribution in [0, 0.1) is 5.41 Å². The van der Waals surface area contributed by atoms with Gasteiger partial charge >= 0.3 is 0 Å². The average Bonchev–Trinajstić information content (AvgIpc) is 2.72. The molecule has 1 aromatic rings. The number of aliphatic hydroxyl groups is 2. The van der Waals surface area contributed by atoms with Gasteiger partial charge in [0.25, 0.3) is 0 Å². The summed E-state index contributed by atoms with van der Waals surface area (Å²) in [5.41, 5.74) is 0.920. The van der Waals surface area contributed by atoms with Crippen molar-refractivity contribution in [2.45, 2.75) is 26.2 Å². The van der Waals surface area contributed by atoms with Crippen LogP contribution in [0.5, 0.6) is 0 Å². The van der Waals surface area contributed by atoms with Crippen molar-refractivity contribution in [3.8, 4) is 0 Å². The quantitative estimate of drug-likeness (QED) is 0.688. The highest BCUT2D eigenvalue weighted by Gasteiger charge is 2.42. The first-order valence-corrected chi connectivity index (χ1v) is 10.5. The molecule has 1 aromatic carbocycles. The van der Waals surface area contributed by atoms with Gasteiger partial charge in [-0.15, -0.1) is 0 Å². The highest BCUT2D eigenvalue weighted by atomic mass is 16.3. The number of benzene rings is 1. The Kier molecular flexibility index (Phi) is 7.22. The number of carbonyl (C=O) groups excluding carboxylic acids is 1. The number of hydrogen-bond donors (Lipinski definition) is 2. The molecule has 1 fully saturated rings. The van der Waals surface area contributed by atoms with Crippen molar-refractivity contribution in [2.75, 3.05) is 52.4 Å². The summed E-state index contributed by atoms with van der Waals surface area (Å²) >= 11 is 0. The molecule has 1 saturated heterocycles. The maximum absolute atomic E-state index is 12.7. The lowest BCUT2D eigenvalue weighted by Gasteiger charge is -2.38. The van der Waals surface area contributed by atoms with E-state index in [-0.39, 0.29) is 24.1 Å². The van der Waals surface area contributed by atoms with Crippen LogP contribution in [0.25, 0.3) is 0 Å². The molecule has 6 nitrogen and oxygen atoms in total. The molecule has 1 aliphatic heterocycles. The summed E-state index contributed by atoms with van der Waals surface area (Å²) in [6.45, 7) is 10.2. The molecule has 0 amide bonds. The molecule has 0 spiro atoms. The molecule has 1 atom stereocenters. The average molecular weight is 400 g/mol. The number of β-amino-alcohol motifs (C(OH)–C–C–N with tert-alkyl or cyclic N) is 1. The van der Waals surface area contributed by atoms with Gasteiger partial charge in [0.05, 0.1) is 18.7 Å². The van der Waals surface area contributed by atoms with E-state index in [9.17, 15) is 9.90 Å². The lowest BCUT2D eigenvalue weighted by molar-refractivity contribution is -0.117. The SMILES string of the molecule is CC1(C)C(O)=C(C=NCCN2CCN(CCO)CC2)C(=O)CC1c1ccccc1. The van der Waals surface area contributed by atoms with E-state index in [4.69, 9.17) is 5.11 Å². The van der Waals surface area contributed by atoms with Crippen LogP contribution in [0.3, 0.4) is 0 Å². The van der Waals surface area contributed by atoms with Crippen LogP contribution in [-0.2, 0) is 4.79 Å². The van der Waals surface area contributed by atoms with Crippen molar-refractivity contribution in [3.63, 3.8) is 0 Å². The monoisotopic (exact) mass is 399 g/mol. The van der Waals surface area contributed by atoms with E-state index in [1.54, 1.807) is 6.21 Å². The predicted octanol–water partition coefficient (Wildman–Crippen LogP) is 2.26. The van der Waals surface area contributed by atoms with Crippen LogP contribution < -0.4 is 0 Å². The van der Waals surface area contributed by atoms with Crippen LogP contribution >= 0.6 is 0 Å². The second-order valence-electron chi connectivity index (χ2n) is 8.52. The van der Waals surface area contributed by atoms with Gasteiger partial charge in [0, 0.05) is 63.2 Å². The number of allylic oxidation sites excluding steroid dienone is 2. The first kappa shape index (κ1) is 21.7. The van der Waals surface area contributed by atoms with Crippen molar-refractivity contribution >= 4 is 12.0 Å². The van der Waals surface area contributed by atoms with E-state index in [0.29, 0.717) is 18.5 Å². The number of ketones is 1.